The van der Waals surface area contributed by atoms with Crippen LogP contribution < -0.4 is 21.8 Å². The third-order valence-corrected chi connectivity index (χ3v) is 16.0. The van der Waals surface area contributed by atoms with Crippen molar-refractivity contribution in [3.63, 3.8) is 0 Å². The molecule has 0 aliphatic heterocycles. The number of nitrogens with one attached hydrogen (secondary N) is 2. The molecular formula is C62H43BrCl4F6N6O8. The Hall–Kier alpha value is -8.34. The van der Waals surface area contributed by atoms with Crippen LogP contribution in [0.15, 0.2) is 154 Å². The van der Waals surface area contributed by atoms with E-state index in [1.54, 1.807) is 36.4 Å². The Morgan fingerprint density at radius 2 is 0.920 bits per heavy atom. The fraction of sp³-hybridized carbons (Fsp3) is 0.161. The number of aryl methyl sites for hydroxylation is 2. The maximum atomic E-state index is 14.7. The van der Waals surface area contributed by atoms with E-state index in [1.165, 1.54) is 127 Å². The first kappa shape index (κ1) is 63.2. The normalized spacial score (nSPS) is 12.4. The van der Waals surface area contributed by atoms with Crippen molar-refractivity contribution in [1.29, 1.82) is 0 Å². The Labute approximate surface area is 517 Å². The van der Waals surface area contributed by atoms with Gasteiger partial charge in [0.1, 0.15) is 12.1 Å². The topological polar surface area (TPSA) is 181 Å². The summed E-state index contributed by atoms with van der Waals surface area (Å²) in [5.74, 6) is -3.03. The Morgan fingerprint density at radius 1 is 0.529 bits per heavy atom. The molecule has 10 aromatic rings. The van der Waals surface area contributed by atoms with Gasteiger partial charge in [0.05, 0.1) is 89.8 Å². The van der Waals surface area contributed by atoms with E-state index in [2.05, 4.69) is 36.5 Å². The molecule has 87 heavy (non-hydrogen) atoms. The highest BCUT2D eigenvalue weighted by molar-refractivity contribution is 9.10. The molecule has 0 spiro atoms. The van der Waals surface area contributed by atoms with Gasteiger partial charge in [0.15, 0.2) is 0 Å². The molecule has 25 heteroatoms. The van der Waals surface area contributed by atoms with E-state index >= 15 is 0 Å². The molecule has 0 fully saturated rings. The highest BCUT2D eigenvalue weighted by atomic mass is 79.9. The summed E-state index contributed by atoms with van der Waals surface area (Å²) >= 11 is 27.9. The fourth-order valence-corrected chi connectivity index (χ4v) is 11.8. The number of amides is 2. The van der Waals surface area contributed by atoms with Crippen molar-refractivity contribution in [3.05, 3.63) is 218 Å². The van der Waals surface area contributed by atoms with Gasteiger partial charge in [-0.05, 0) is 82.9 Å². The largest absolute Gasteiger partial charge is 0.467 e. The molecule has 4 aromatic heterocycles. The van der Waals surface area contributed by atoms with Gasteiger partial charge >= 0.3 is 24.3 Å². The lowest BCUT2D eigenvalue weighted by molar-refractivity contribution is -0.143. The number of benzene rings is 6. The molecule has 0 saturated carbocycles. The summed E-state index contributed by atoms with van der Waals surface area (Å²) in [6.45, 7) is 0. The Kier molecular flexibility index (Phi) is 18.5. The third-order valence-electron chi connectivity index (χ3n) is 14.3. The standard InChI is InChI=1S/C31H21BrCl2F3N3O4.C31H22Cl2F3N3O4/c1-40-23-11-9-16(32)14-19(23)26(31(35,36)37)24(29(40)42)17-10-8-15(27-18(17)5-4-12-38-27)13-22(30(43)44-2)39-28(41)25-20(33)6-3-7-21(25)34;1-39-23-11-4-3-7-19(23)26(31(34,35)36)24(29(39)41)17-13-12-16(27-18(17)8-6-14-37-27)15-22(30(42)43-2)38-28(40)25-20(32)9-5-10-21(25)33/h3-12,14,22H,13H2,1-2H3,(H,39,41);3-14,22H,15H2,1-2H3,(H,38,40)/t2*22-/m00/s1. The molecule has 10 rings (SSSR count). The fourth-order valence-electron chi connectivity index (χ4n) is 10.3. The van der Waals surface area contributed by atoms with E-state index in [9.17, 15) is 55.1 Å². The van der Waals surface area contributed by atoms with Crippen molar-refractivity contribution in [2.75, 3.05) is 14.2 Å². The Balaban J connectivity index is 0.000000208. The zero-order valence-corrected chi connectivity index (χ0v) is 50.2. The molecule has 0 aliphatic rings. The highest BCUT2D eigenvalue weighted by Gasteiger charge is 2.40. The number of rotatable bonds is 12. The lowest BCUT2D eigenvalue weighted by Crippen LogP contribution is -2.43. The molecule has 4 heterocycles. The number of para-hydroxylation sites is 1. The van der Waals surface area contributed by atoms with Gasteiger partial charge in [0.25, 0.3) is 22.9 Å². The zero-order chi connectivity index (χ0) is 63.0. The molecule has 0 saturated heterocycles. The summed E-state index contributed by atoms with van der Waals surface area (Å²) in [7, 11) is 5.12. The molecule has 0 unspecified atom stereocenters. The highest BCUT2D eigenvalue weighted by Crippen LogP contribution is 2.44. The number of alkyl halides is 6. The molecule has 2 amide bonds. The average Bonchev–Trinajstić information content (AvgIpc) is 0.765. The maximum Gasteiger partial charge on any atom is 0.417 e. The first-order chi connectivity index (χ1) is 41.3. The molecule has 2 atom stereocenters. The number of fused-ring (bicyclic) bond motifs is 4. The van der Waals surface area contributed by atoms with Crippen molar-refractivity contribution in [2.24, 2.45) is 14.1 Å². The van der Waals surface area contributed by atoms with Gasteiger partial charge in [0, 0.05) is 65.3 Å². The van der Waals surface area contributed by atoms with Gasteiger partial charge in [0.2, 0.25) is 0 Å². The second kappa shape index (κ2) is 25.5. The predicted octanol–water partition coefficient (Wildman–Crippen LogP) is 13.9. The van der Waals surface area contributed by atoms with Crippen LogP contribution in [0.4, 0.5) is 26.3 Å². The van der Waals surface area contributed by atoms with Crippen molar-refractivity contribution in [1.82, 2.24) is 29.7 Å². The molecule has 0 bridgehead atoms. The van der Waals surface area contributed by atoms with Crippen LogP contribution in [0.5, 0.6) is 0 Å². The summed E-state index contributed by atoms with van der Waals surface area (Å²) in [5.41, 5.74) is -3.39. The van der Waals surface area contributed by atoms with Crippen LogP contribution in [-0.2, 0) is 58.4 Å². The summed E-state index contributed by atoms with van der Waals surface area (Å²) in [4.78, 5) is 87.5. The van der Waals surface area contributed by atoms with Gasteiger partial charge in [-0.3, -0.25) is 29.1 Å². The number of hydrogen-bond donors (Lipinski definition) is 2. The van der Waals surface area contributed by atoms with Crippen molar-refractivity contribution < 1.29 is 55.0 Å². The van der Waals surface area contributed by atoms with Crippen LogP contribution in [0, 0.1) is 0 Å². The van der Waals surface area contributed by atoms with E-state index in [0.29, 0.717) is 15.6 Å². The number of pyridine rings is 4. The second-order valence-electron chi connectivity index (χ2n) is 19.4. The van der Waals surface area contributed by atoms with Crippen molar-refractivity contribution >= 4 is 130 Å². The monoisotopic (exact) mass is 1330 g/mol. The smallest absolute Gasteiger partial charge is 0.417 e. The molecule has 446 valence electrons. The number of methoxy groups -OCH3 is 2. The molecular weight excluding hydrogens is 1290 g/mol. The van der Waals surface area contributed by atoms with E-state index in [-0.39, 0.29) is 98.8 Å². The molecule has 14 nitrogen and oxygen atoms in total. The lowest BCUT2D eigenvalue weighted by Gasteiger charge is -2.21. The molecule has 2 N–H and O–H groups in total. The van der Waals surface area contributed by atoms with Crippen molar-refractivity contribution in [3.8, 4) is 22.3 Å². The first-order valence-electron chi connectivity index (χ1n) is 25.7. The number of nitrogens with zero attached hydrogens (tertiary/aromatic N) is 4. The van der Waals surface area contributed by atoms with Gasteiger partial charge in [-0.2, -0.15) is 26.3 Å². The number of aromatic nitrogens is 4. The quantitative estimate of drug-likeness (QED) is 0.0882. The number of esters is 2. The summed E-state index contributed by atoms with van der Waals surface area (Å²) in [6.07, 6.45) is -7.15. The van der Waals surface area contributed by atoms with Gasteiger partial charge in [-0.1, -0.05) is 129 Å². The number of halogens is 11. The van der Waals surface area contributed by atoms with Crippen LogP contribution in [-0.4, -0.2) is 69.2 Å². The average molecular weight is 1340 g/mol. The summed E-state index contributed by atoms with van der Waals surface area (Å²) in [5, 5.41) is 5.65. The maximum absolute atomic E-state index is 14.7. The summed E-state index contributed by atoms with van der Waals surface area (Å²) < 4.78 is 101. The van der Waals surface area contributed by atoms with Gasteiger partial charge < -0.3 is 29.2 Å². The second-order valence-corrected chi connectivity index (χ2v) is 22.0. The van der Waals surface area contributed by atoms with E-state index in [0.717, 1.165) is 14.2 Å². The minimum Gasteiger partial charge on any atom is -0.467 e. The Morgan fingerprint density at radius 3 is 1.33 bits per heavy atom. The van der Waals surface area contributed by atoms with Gasteiger partial charge in [-0.25, -0.2) is 9.59 Å². The van der Waals surface area contributed by atoms with Crippen LogP contribution in [0.1, 0.15) is 43.0 Å². The minimum absolute atomic E-state index is 0.00755. The minimum atomic E-state index is -4.88. The molecule has 6 aromatic carbocycles. The van der Waals surface area contributed by atoms with Crippen LogP contribution >= 0.6 is 62.3 Å². The first-order valence-corrected chi connectivity index (χ1v) is 28.0. The number of ether oxygens (including phenoxy) is 2. The summed E-state index contributed by atoms with van der Waals surface area (Å²) in [6, 6.07) is 28.5. The Bertz CT molecular complexity index is 4540. The lowest BCUT2D eigenvalue weighted by atomic mass is 9.91. The number of carbonyl (C=O) groups excluding carboxylic acids is 4. The van der Waals surface area contributed by atoms with Crippen molar-refractivity contribution in [2.45, 2.75) is 37.3 Å². The van der Waals surface area contributed by atoms with Crippen LogP contribution in [0.3, 0.4) is 0 Å². The van der Waals surface area contributed by atoms with Crippen LogP contribution in [0.2, 0.25) is 20.1 Å². The predicted molar refractivity (Wildman–Crippen MR) is 324 cm³/mol. The third kappa shape index (κ3) is 12.6. The molecule has 0 aliphatic carbocycles. The number of hydrogen-bond acceptors (Lipinski definition) is 10. The zero-order valence-electron chi connectivity index (χ0n) is 45.6. The number of carbonyl (C=O) groups is 4. The SMILES string of the molecule is COC(=O)[C@H](Cc1ccc(-c2c(C(F)(F)F)c3cc(Br)ccc3n(C)c2=O)c2cccnc12)NC(=O)c1c(Cl)cccc1Cl.COC(=O)[C@H](Cc1ccc(-c2c(C(F)(F)F)c3ccccc3n(C)c2=O)c2cccnc12)NC(=O)c1c(Cl)cccc1Cl. The van der Waals surface area contributed by atoms with Gasteiger partial charge in [-0.15, -0.1) is 0 Å². The van der Waals surface area contributed by atoms with E-state index in [4.69, 9.17) is 55.9 Å². The van der Waals surface area contributed by atoms with E-state index in [1.807, 2.05) is 0 Å². The van der Waals surface area contributed by atoms with Crippen LogP contribution in [0.25, 0.3) is 65.9 Å². The van der Waals surface area contributed by atoms with E-state index < -0.39 is 81.6 Å². The molecule has 0 radical (unpaired) electrons.